The van der Waals surface area contributed by atoms with Crippen molar-refractivity contribution in [1.82, 2.24) is 0 Å². The predicted octanol–water partition coefficient (Wildman–Crippen LogP) is 7.69. The Morgan fingerprint density at radius 2 is 1.31 bits per heavy atom. The summed E-state index contributed by atoms with van der Waals surface area (Å²) in [5, 5.41) is 10.6. The molecule has 3 N–H and O–H groups in total. The van der Waals surface area contributed by atoms with Crippen molar-refractivity contribution < 1.29 is 81.0 Å². The van der Waals surface area contributed by atoms with Gasteiger partial charge in [-0.1, -0.05) is 54.7 Å². The van der Waals surface area contributed by atoms with Crippen molar-refractivity contribution in [2.45, 2.75) is 316 Å². The second-order valence-electron chi connectivity index (χ2n) is 27.5. The molecule has 0 unspecified atom stereocenters. The molecule has 18 nitrogen and oxygen atoms in total. The van der Waals surface area contributed by atoms with Crippen LogP contribution in [0.3, 0.4) is 0 Å². The van der Waals surface area contributed by atoms with Gasteiger partial charge >= 0.3 is 5.97 Å². The topological polar surface area (TPSA) is 202 Å². The lowest BCUT2D eigenvalue weighted by Crippen LogP contribution is -2.63. The Kier molecular flexibility index (Phi) is 17.5. The number of hydrogen-bond acceptors (Lipinski definition) is 18. The minimum Gasteiger partial charge on any atom is -0.469 e. The quantitative estimate of drug-likeness (QED) is 0.150. The molecule has 458 valence electrons. The van der Waals surface area contributed by atoms with Gasteiger partial charge in [-0.15, -0.1) is 0 Å². The fraction of sp³-hybridized carbons (Fsp3) is 0.921. The van der Waals surface area contributed by atoms with Gasteiger partial charge in [0, 0.05) is 71.4 Å². The highest BCUT2D eigenvalue weighted by molar-refractivity contribution is 5.69. The van der Waals surface area contributed by atoms with Crippen molar-refractivity contribution in [2.24, 2.45) is 35.3 Å². The molecule has 0 radical (unpaired) electrons. The monoisotopic (exact) mass is 1140 g/mol. The van der Waals surface area contributed by atoms with Gasteiger partial charge in [-0.05, 0) is 99.0 Å². The van der Waals surface area contributed by atoms with Gasteiger partial charge in [-0.3, -0.25) is 4.79 Å². The summed E-state index contributed by atoms with van der Waals surface area (Å²) in [4.78, 5) is 11.9. The molecule has 4 bridgehead atoms. The number of esters is 1. The lowest BCUT2D eigenvalue weighted by molar-refractivity contribution is -0.370. The van der Waals surface area contributed by atoms with Crippen LogP contribution < -0.4 is 5.73 Å². The number of nitrogens with two attached hydrogens (primary N) is 1. The molecule has 13 aliphatic heterocycles. The molecule has 13 saturated heterocycles. The van der Waals surface area contributed by atoms with E-state index in [4.69, 9.17) is 76.8 Å². The zero-order chi connectivity index (χ0) is 56.9. The summed E-state index contributed by atoms with van der Waals surface area (Å²) in [5.41, 5.74) is 8.24. The largest absolute Gasteiger partial charge is 0.469 e. The van der Waals surface area contributed by atoms with E-state index >= 15 is 0 Å². The molecule has 30 atom stereocenters. The Bertz CT molecular complexity index is 2240. The van der Waals surface area contributed by atoms with Gasteiger partial charge in [0.15, 0.2) is 17.4 Å². The third-order valence-corrected chi connectivity index (χ3v) is 22.0. The van der Waals surface area contributed by atoms with Crippen LogP contribution in [0.15, 0.2) is 24.3 Å². The average Bonchev–Trinajstić information content (AvgIpc) is 3.24. The van der Waals surface area contributed by atoms with Crippen LogP contribution in [0.4, 0.5) is 0 Å². The Morgan fingerprint density at radius 1 is 0.605 bits per heavy atom. The molecule has 0 aromatic rings. The van der Waals surface area contributed by atoms with Gasteiger partial charge in [0.2, 0.25) is 0 Å². The van der Waals surface area contributed by atoms with Crippen molar-refractivity contribution >= 4 is 5.97 Å². The highest BCUT2D eigenvalue weighted by Gasteiger charge is 2.65. The third kappa shape index (κ3) is 11.7. The van der Waals surface area contributed by atoms with Gasteiger partial charge in [-0.2, -0.15) is 0 Å². The highest BCUT2D eigenvalue weighted by Crippen LogP contribution is 2.56. The maximum absolute atomic E-state index is 11.9. The molecular weight excluding hydrogens is 1040 g/mol. The summed E-state index contributed by atoms with van der Waals surface area (Å²) >= 11 is 0. The number of rotatable bonds is 11. The Morgan fingerprint density at radius 3 is 2.07 bits per heavy atom. The van der Waals surface area contributed by atoms with Crippen molar-refractivity contribution in [3.05, 3.63) is 24.3 Å². The maximum atomic E-state index is 11.9. The number of carbonyl (C=O) groups excluding carboxylic acids is 1. The average molecular weight is 1140 g/mol. The first kappa shape index (κ1) is 59.6. The lowest BCUT2D eigenvalue weighted by Gasteiger charge is -2.54. The minimum absolute atomic E-state index is 0.0171. The highest BCUT2D eigenvalue weighted by atomic mass is 16.8. The van der Waals surface area contributed by atoms with Crippen molar-refractivity contribution in [3.8, 4) is 0 Å². The molecule has 0 saturated carbocycles. The van der Waals surface area contributed by atoms with Crippen molar-refractivity contribution in [3.63, 3.8) is 0 Å². The molecule has 81 heavy (non-hydrogen) atoms. The minimum atomic E-state index is -0.784. The lowest BCUT2D eigenvalue weighted by atomic mass is 9.78. The van der Waals surface area contributed by atoms with Crippen LogP contribution in [0.5, 0.6) is 0 Å². The number of methoxy groups -OCH3 is 2. The number of hydrogen-bond donors (Lipinski definition) is 2. The zero-order valence-corrected chi connectivity index (χ0v) is 50.0. The van der Waals surface area contributed by atoms with E-state index in [0.717, 1.165) is 77.0 Å². The van der Waals surface area contributed by atoms with E-state index in [0.29, 0.717) is 56.4 Å². The molecule has 0 aliphatic carbocycles. The van der Waals surface area contributed by atoms with Crippen LogP contribution in [0.1, 0.15) is 164 Å². The maximum Gasteiger partial charge on any atom is 0.308 e. The molecular formula is C63H99NO17. The van der Waals surface area contributed by atoms with E-state index in [-0.39, 0.29) is 152 Å². The van der Waals surface area contributed by atoms with Gasteiger partial charge in [-0.25, -0.2) is 0 Å². The first-order chi connectivity index (χ1) is 38.8. The van der Waals surface area contributed by atoms with E-state index in [1.807, 2.05) is 0 Å². The predicted molar refractivity (Wildman–Crippen MR) is 294 cm³/mol. The SMILES string of the molecule is C=C1C[C@H](CC[C@]23C[C@@H](OC)[C@H](O2)[C@H]2C[C@@H](O3)[C@H]3O[C@@H](CC(=O)OC)CC[C@@H]3O2)O[C@H]1CC[C@H]1C[C@@H](C)C(=C)[C@@H](CC)O1.C[C@@H]1[C@@H](C)[C@H](C)O[C@H]2C[C@H]3O[C@@]4(C[C@@H]5O[C@]6(C[C@H](C)[C@@H]7O[C@H](CN)[C@H](O)C[C@@H]7O6)C[C@H](C)[C@@H]5O4)C[C@H]3O[C@@H]12. The van der Waals surface area contributed by atoms with Crippen LogP contribution in [-0.4, -0.2) is 183 Å². The molecule has 13 rings (SSSR count). The number of aliphatic hydroxyl groups excluding tert-OH is 1. The number of ether oxygens (including phenoxy) is 15. The number of carbonyl (C=O) groups is 1. The summed E-state index contributed by atoms with van der Waals surface area (Å²) in [6.45, 7) is 24.6. The molecule has 13 heterocycles. The molecule has 13 aliphatic rings. The Labute approximate surface area is 481 Å². The van der Waals surface area contributed by atoms with Gasteiger partial charge in [0.25, 0.3) is 0 Å². The van der Waals surface area contributed by atoms with Crippen LogP contribution in [0.25, 0.3) is 0 Å². The first-order valence-corrected chi connectivity index (χ1v) is 31.8. The van der Waals surface area contributed by atoms with E-state index in [1.54, 1.807) is 7.11 Å². The van der Waals surface area contributed by atoms with Crippen LogP contribution >= 0.6 is 0 Å². The second kappa shape index (κ2) is 23.8. The summed E-state index contributed by atoms with van der Waals surface area (Å²) < 4.78 is 96.5. The van der Waals surface area contributed by atoms with Crippen LogP contribution in [0.2, 0.25) is 0 Å². The van der Waals surface area contributed by atoms with E-state index < -0.39 is 23.5 Å². The fourth-order valence-electron chi connectivity index (χ4n) is 17.3. The molecule has 2 spiro atoms. The molecule has 13 fully saturated rings. The second-order valence-corrected chi connectivity index (χ2v) is 27.5. The first-order valence-electron chi connectivity index (χ1n) is 31.8. The zero-order valence-electron chi connectivity index (χ0n) is 50.0. The number of fused-ring (bicyclic) bond motifs is 11. The van der Waals surface area contributed by atoms with Gasteiger partial charge in [0.1, 0.15) is 12.2 Å². The van der Waals surface area contributed by atoms with E-state index in [2.05, 4.69) is 61.6 Å². The normalized spacial score (nSPS) is 53.4. The fourth-order valence-corrected chi connectivity index (χ4v) is 17.3. The molecule has 0 aromatic carbocycles. The van der Waals surface area contributed by atoms with Crippen molar-refractivity contribution in [2.75, 3.05) is 20.8 Å². The standard InChI is InChI=1S/C34H52O9.C29H47NO8/c1-7-25-21(4)19(2)14-22(38-25)8-10-26-20(3)15-24(39-26)12-13-34-18-30(36-5)33(43-34)28-17-29(42-34)32-27(41-28)11-9-23(40-32)16-31(35)37-6;1-13-8-28(36-21-6-18(31)24(12-30)34-25(13)21)9-14(2)26-23(37-28)11-29(38-26)10-22-19(35-29)7-20-27(33-22)16(4)15(3)17(5)32-20/h19,22-30,32-33H,3-4,7-18H2,1-2,5-6H3;13-27,31H,6-12,30H2,1-5H3/t19-,22+,23-,24+,25-,26+,27+,28-,29-,30-,32+,33-,34-;13-,14-,15+,16+,17-,18+,19+,20-,21-,22+,23-,24+,25-,26-,27-,28+,29-/m10/s1. The van der Waals surface area contributed by atoms with E-state index in [9.17, 15) is 9.90 Å². The number of aliphatic hydroxyl groups is 1. The van der Waals surface area contributed by atoms with Gasteiger partial charge < -0.3 is 81.9 Å². The molecule has 0 amide bonds. The van der Waals surface area contributed by atoms with Crippen LogP contribution in [0, 0.1) is 29.6 Å². The van der Waals surface area contributed by atoms with Gasteiger partial charge in [0.05, 0.1) is 136 Å². The van der Waals surface area contributed by atoms with E-state index in [1.165, 1.54) is 18.3 Å². The Hall–Kier alpha value is -1.69. The molecule has 18 heteroatoms. The third-order valence-electron chi connectivity index (χ3n) is 22.0. The summed E-state index contributed by atoms with van der Waals surface area (Å²) in [7, 11) is 3.16. The van der Waals surface area contributed by atoms with Crippen molar-refractivity contribution in [1.29, 1.82) is 0 Å². The smallest absolute Gasteiger partial charge is 0.308 e. The summed E-state index contributed by atoms with van der Waals surface area (Å²) in [6.07, 6.45) is 12.2. The van der Waals surface area contributed by atoms with Crippen LogP contribution in [-0.2, 0) is 75.8 Å². The summed E-state index contributed by atoms with van der Waals surface area (Å²) in [5.74, 6) is -0.508. The Balaban J connectivity index is 0.000000162. The summed E-state index contributed by atoms with van der Waals surface area (Å²) in [6, 6.07) is 0. The molecule has 0 aromatic heterocycles.